The first kappa shape index (κ1) is 14.8. The average molecular weight is 275 g/mol. The quantitative estimate of drug-likeness (QED) is 0.656. The predicted molar refractivity (Wildman–Crippen MR) is 82.3 cm³/mol. The minimum atomic E-state index is -0.153. The van der Waals surface area contributed by atoms with Gasteiger partial charge < -0.3 is 10.6 Å². The van der Waals surface area contributed by atoms with E-state index >= 15 is 0 Å². The van der Waals surface area contributed by atoms with Crippen molar-refractivity contribution in [1.82, 2.24) is 9.97 Å². The second-order valence-corrected chi connectivity index (χ2v) is 6.34. The molecule has 0 radical (unpaired) electrons. The summed E-state index contributed by atoms with van der Waals surface area (Å²) in [5.74, 6) is 2.55. The first-order valence-electron chi connectivity index (χ1n) is 7.27. The third-order valence-corrected chi connectivity index (χ3v) is 4.22. The van der Waals surface area contributed by atoms with Crippen LogP contribution in [-0.4, -0.2) is 28.9 Å². The Morgan fingerprint density at radius 2 is 1.95 bits per heavy atom. The van der Waals surface area contributed by atoms with Crippen molar-refractivity contribution in [1.29, 1.82) is 5.41 Å². The van der Waals surface area contributed by atoms with E-state index in [4.69, 9.17) is 11.1 Å². The molecule has 1 aliphatic rings. The van der Waals surface area contributed by atoms with Crippen LogP contribution in [0.3, 0.4) is 0 Å². The molecule has 1 aromatic rings. The van der Waals surface area contributed by atoms with Crippen LogP contribution in [0.15, 0.2) is 6.07 Å². The number of anilines is 1. The van der Waals surface area contributed by atoms with Gasteiger partial charge in [0.15, 0.2) is 0 Å². The van der Waals surface area contributed by atoms with Gasteiger partial charge in [-0.2, -0.15) is 0 Å². The molecule has 3 N–H and O–H groups in total. The van der Waals surface area contributed by atoms with Gasteiger partial charge in [-0.05, 0) is 19.8 Å². The zero-order valence-electron chi connectivity index (χ0n) is 12.9. The molecular formula is C15H25N5. The third kappa shape index (κ3) is 2.92. The van der Waals surface area contributed by atoms with Gasteiger partial charge in [0.2, 0.25) is 0 Å². The van der Waals surface area contributed by atoms with E-state index in [9.17, 15) is 0 Å². The van der Waals surface area contributed by atoms with Crippen LogP contribution in [0.25, 0.3) is 0 Å². The summed E-state index contributed by atoms with van der Waals surface area (Å²) >= 11 is 0. The number of hydrogen-bond donors (Lipinski definition) is 2. The Labute approximate surface area is 121 Å². The Hall–Kier alpha value is -1.65. The SMILES string of the molecule is Cc1cc(N2CCC(C)(C(=N)N)CC2)nc(C(C)C)n1. The van der Waals surface area contributed by atoms with Gasteiger partial charge in [-0.15, -0.1) is 0 Å². The van der Waals surface area contributed by atoms with E-state index < -0.39 is 0 Å². The largest absolute Gasteiger partial charge is 0.387 e. The summed E-state index contributed by atoms with van der Waals surface area (Å²) in [5, 5.41) is 7.71. The van der Waals surface area contributed by atoms with Crippen LogP contribution < -0.4 is 10.6 Å². The summed E-state index contributed by atoms with van der Waals surface area (Å²) in [6, 6.07) is 2.04. The summed E-state index contributed by atoms with van der Waals surface area (Å²) in [5.41, 5.74) is 6.57. The van der Waals surface area contributed by atoms with Gasteiger partial charge in [0.1, 0.15) is 11.6 Å². The van der Waals surface area contributed by atoms with E-state index in [2.05, 4.69) is 35.6 Å². The highest BCUT2D eigenvalue weighted by molar-refractivity contribution is 5.83. The number of nitrogens with one attached hydrogen (secondary N) is 1. The van der Waals surface area contributed by atoms with E-state index in [1.807, 2.05) is 13.0 Å². The minimum Gasteiger partial charge on any atom is -0.387 e. The van der Waals surface area contributed by atoms with Gasteiger partial charge in [0, 0.05) is 36.2 Å². The minimum absolute atomic E-state index is 0.153. The molecule has 0 atom stereocenters. The van der Waals surface area contributed by atoms with Crippen molar-refractivity contribution in [3.63, 3.8) is 0 Å². The molecule has 20 heavy (non-hydrogen) atoms. The Morgan fingerprint density at radius 1 is 1.35 bits per heavy atom. The molecule has 5 nitrogen and oxygen atoms in total. The van der Waals surface area contributed by atoms with Crippen molar-refractivity contribution in [3.05, 3.63) is 17.6 Å². The highest BCUT2D eigenvalue weighted by Crippen LogP contribution is 2.32. The smallest absolute Gasteiger partial charge is 0.133 e. The molecule has 0 aromatic carbocycles. The lowest BCUT2D eigenvalue weighted by atomic mass is 9.79. The molecule has 0 spiro atoms. The van der Waals surface area contributed by atoms with Crippen LogP contribution >= 0.6 is 0 Å². The molecule has 5 heteroatoms. The first-order chi connectivity index (χ1) is 9.32. The monoisotopic (exact) mass is 275 g/mol. The van der Waals surface area contributed by atoms with Crippen LogP contribution in [-0.2, 0) is 0 Å². The maximum Gasteiger partial charge on any atom is 0.133 e. The maximum atomic E-state index is 7.71. The summed E-state index contributed by atoms with van der Waals surface area (Å²) in [6.45, 7) is 10.1. The second-order valence-electron chi connectivity index (χ2n) is 6.34. The van der Waals surface area contributed by atoms with Crippen molar-refractivity contribution in [3.8, 4) is 0 Å². The lowest BCUT2D eigenvalue weighted by Gasteiger charge is -2.39. The van der Waals surface area contributed by atoms with Gasteiger partial charge >= 0.3 is 0 Å². The van der Waals surface area contributed by atoms with Crippen LogP contribution in [0.5, 0.6) is 0 Å². The number of rotatable bonds is 3. The van der Waals surface area contributed by atoms with E-state index in [0.29, 0.717) is 11.8 Å². The zero-order valence-corrected chi connectivity index (χ0v) is 12.9. The van der Waals surface area contributed by atoms with Crippen LogP contribution in [0.1, 0.15) is 51.0 Å². The molecule has 1 aliphatic heterocycles. The highest BCUT2D eigenvalue weighted by atomic mass is 15.2. The molecule has 0 amide bonds. The summed E-state index contributed by atoms with van der Waals surface area (Å²) < 4.78 is 0. The normalized spacial score (nSPS) is 18.4. The fourth-order valence-corrected chi connectivity index (χ4v) is 2.49. The number of amidine groups is 1. The molecule has 1 aromatic heterocycles. The van der Waals surface area contributed by atoms with E-state index in [-0.39, 0.29) is 5.41 Å². The molecule has 2 rings (SSSR count). The number of aryl methyl sites for hydroxylation is 1. The van der Waals surface area contributed by atoms with Gasteiger partial charge in [-0.1, -0.05) is 20.8 Å². The Bertz CT molecular complexity index is 501. The van der Waals surface area contributed by atoms with Gasteiger partial charge in [-0.25, -0.2) is 9.97 Å². The molecule has 110 valence electrons. The van der Waals surface area contributed by atoms with E-state index in [1.165, 1.54) is 0 Å². The van der Waals surface area contributed by atoms with Crippen LogP contribution in [0.4, 0.5) is 5.82 Å². The van der Waals surface area contributed by atoms with Crippen molar-refractivity contribution in [2.45, 2.75) is 46.5 Å². The standard InChI is InChI=1S/C15H25N5/c1-10(2)13-18-11(3)9-12(19-13)20-7-5-15(4,6-8-20)14(16)17/h9-10H,5-8H2,1-4H3,(H3,16,17). The average Bonchev–Trinajstić information content (AvgIpc) is 2.38. The topological polar surface area (TPSA) is 78.9 Å². The summed E-state index contributed by atoms with van der Waals surface area (Å²) in [6.07, 6.45) is 1.81. The molecular weight excluding hydrogens is 250 g/mol. The van der Waals surface area contributed by atoms with Gasteiger partial charge in [0.05, 0.1) is 5.84 Å². The highest BCUT2D eigenvalue weighted by Gasteiger charge is 2.33. The number of nitrogens with zero attached hydrogens (tertiary/aromatic N) is 3. The first-order valence-corrected chi connectivity index (χ1v) is 7.27. The zero-order chi connectivity index (χ0) is 14.9. The summed E-state index contributed by atoms with van der Waals surface area (Å²) in [4.78, 5) is 11.5. The van der Waals surface area contributed by atoms with Gasteiger partial charge in [0.25, 0.3) is 0 Å². The van der Waals surface area contributed by atoms with Crippen molar-refractivity contribution in [2.24, 2.45) is 11.1 Å². The molecule has 0 bridgehead atoms. The number of hydrogen-bond acceptors (Lipinski definition) is 4. The molecule has 0 aliphatic carbocycles. The fraction of sp³-hybridized carbons (Fsp3) is 0.667. The number of aromatic nitrogens is 2. The number of piperidine rings is 1. The Balaban J connectivity index is 2.17. The second kappa shape index (κ2) is 5.38. The fourth-order valence-electron chi connectivity index (χ4n) is 2.49. The molecule has 2 heterocycles. The summed E-state index contributed by atoms with van der Waals surface area (Å²) in [7, 11) is 0. The predicted octanol–water partition coefficient (Wildman–Crippen LogP) is 2.45. The van der Waals surface area contributed by atoms with Crippen LogP contribution in [0, 0.1) is 17.7 Å². The van der Waals surface area contributed by atoms with Crippen LogP contribution in [0.2, 0.25) is 0 Å². The molecule has 1 saturated heterocycles. The Morgan fingerprint density at radius 3 is 2.45 bits per heavy atom. The van der Waals surface area contributed by atoms with Gasteiger partial charge in [-0.3, -0.25) is 5.41 Å². The lowest BCUT2D eigenvalue weighted by Crippen LogP contribution is -2.45. The van der Waals surface area contributed by atoms with E-state index in [1.54, 1.807) is 0 Å². The molecule has 0 saturated carbocycles. The van der Waals surface area contributed by atoms with E-state index in [0.717, 1.165) is 43.3 Å². The molecule has 1 fully saturated rings. The third-order valence-electron chi connectivity index (χ3n) is 4.22. The maximum absolute atomic E-state index is 7.71. The van der Waals surface area contributed by atoms with Crippen molar-refractivity contribution >= 4 is 11.7 Å². The molecule has 0 unspecified atom stereocenters. The Kier molecular flexibility index (Phi) is 3.97. The lowest BCUT2D eigenvalue weighted by molar-refractivity contribution is 0.349. The van der Waals surface area contributed by atoms with Crippen molar-refractivity contribution < 1.29 is 0 Å². The number of nitrogens with two attached hydrogens (primary N) is 1. The van der Waals surface area contributed by atoms with Crippen molar-refractivity contribution in [2.75, 3.05) is 18.0 Å².